The van der Waals surface area contributed by atoms with Gasteiger partial charge in [0.2, 0.25) is 0 Å². The van der Waals surface area contributed by atoms with Crippen molar-refractivity contribution in [3.63, 3.8) is 0 Å². The summed E-state index contributed by atoms with van der Waals surface area (Å²) in [5.74, 6) is 0.611. The molecule has 2 N–H and O–H groups in total. The van der Waals surface area contributed by atoms with Gasteiger partial charge in [-0.1, -0.05) is 23.7 Å². The number of halogens is 1. The standard InChI is InChI=1S/C10H11ClN4/c1-15-6-13-10(14-15)9(12)7-2-4-8(11)5-3-7/h2-6,9H,12H2,1H3/t9-/m0/s1. The summed E-state index contributed by atoms with van der Waals surface area (Å²) >= 11 is 5.79. The Labute approximate surface area is 92.7 Å². The van der Waals surface area contributed by atoms with Crippen LogP contribution in [0.3, 0.4) is 0 Å². The highest BCUT2D eigenvalue weighted by Crippen LogP contribution is 2.18. The van der Waals surface area contributed by atoms with Crippen molar-refractivity contribution in [1.29, 1.82) is 0 Å². The number of aromatic nitrogens is 3. The Hall–Kier alpha value is -1.39. The lowest BCUT2D eigenvalue weighted by molar-refractivity contribution is 0.713. The van der Waals surface area contributed by atoms with Crippen LogP contribution in [0.15, 0.2) is 30.6 Å². The van der Waals surface area contributed by atoms with Gasteiger partial charge in [-0.15, -0.1) is 0 Å². The van der Waals surface area contributed by atoms with Crippen molar-refractivity contribution in [3.8, 4) is 0 Å². The lowest BCUT2D eigenvalue weighted by atomic mass is 10.1. The van der Waals surface area contributed by atoms with Crippen molar-refractivity contribution in [1.82, 2.24) is 14.8 Å². The third-order valence-electron chi connectivity index (χ3n) is 2.12. The molecule has 2 rings (SSSR count). The molecule has 0 fully saturated rings. The molecule has 0 amide bonds. The average molecular weight is 223 g/mol. The predicted octanol–water partition coefficient (Wildman–Crippen LogP) is 1.52. The monoisotopic (exact) mass is 222 g/mol. The van der Waals surface area contributed by atoms with Crippen molar-refractivity contribution in [2.45, 2.75) is 6.04 Å². The lowest BCUT2D eigenvalue weighted by Crippen LogP contribution is -2.13. The molecule has 0 radical (unpaired) electrons. The summed E-state index contributed by atoms with van der Waals surface area (Å²) < 4.78 is 1.63. The molecule has 5 heteroatoms. The van der Waals surface area contributed by atoms with Crippen LogP contribution >= 0.6 is 11.6 Å². The number of nitrogens with two attached hydrogens (primary N) is 1. The fraction of sp³-hybridized carbons (Fsp3) is 0.200. The molecule has 0 aliphatic carbocycles. The van der Waals surface area contributed by atoms with Crippen molar-refractivity contribution in [3.05, 3.63) is 47.0 Å². The summed E-state index contributed by atoms with van der Waals surface area (Å²) in [7, 11) is 1.81. The molecular weight excluding hydrogens is 212 g/mol. The van der Waals surface area contributed by atoms with E-state index in [1.54, 1.807) is 23.1 Å². The highest BCUT2D eigenvalue weighted by Gasteiger charge is 2.12. The highest BCUT2D eigenvalue weighted by molar-refractivity contribution is 6.30. The van der Waals surface area contributed by atoms with Gasteiger partial charge in [0, 0.05) is 12.1 Å². The molecule has 1 heterocycles. The minimum Gasteiger partial charge on any atom is -0.318 e. The van der Waals surface area contributed by atoms with E-state index < -0.39 is 0 Å². The van der Waals surface area contributed by atoms with Gasteiger partial charge in [-0.2, -0.15) is 5.10 Å². The maximum atomic E-state index is 6.00. The SMILES string of the molecule is Cn1cnc([C@@H](N)c2ccc(Cl)cc2)n1. The van der Waals surface area contributed by atoms with Crippen molar-refractivity contribution < 1.29 is 0 Å². The van der Waals surface area contributed by atoms with Gasteiger partial charge < -0.3 is 5.73 Å². The Morgan fingerprint density at radius 2 is 2.00 bits per heavy atom. The van der Waals surface area contributed by atoms with E-state index in [9.17, 15) is 0 Å². The molecule has 0 saturated carbocycles. The van der Waals surface area contributed by atoms with E-state index in [-0.39, 0.29) is 6.04 Å². The van der Waals surface area contributed by atoms with Gasteiger partial charge in [0.1, 0.15) is 6.33 Å². The fourth-order valence-corrected chi connectivity index (χ4v) is 1.44. The van der Waals surface area contributed by atoms with E-state index in [1.165, 1.54) is 0 Å². The molecule has 78 valence electrons. The maximum Gasteiger partial charge on any atom is 0.171 e. The summed E-state index contributed by atoms with van der Waals surface area (Å²) in [6.07, 6.45) is 1.63. The largest absolute Gasteiger partial charge is 0.318 e. The van der Waals surface area contributed by atoms with Gasteiger partial charge in [0.25, 0.3) is 0 Å². The zero-order chi connectivity index (χ0) is 10.8. The van der Waals surface area contributed by atoms with E-state index in [4.69, 9.17) is 17.3 Å². The minimum atomic E-state index is -0.302. The van der Waals surface area contributed by atoms with E-state index >= 15 is 0 Å². The Kier molecular flexibility index (Phi) is 2.70. The third-order valence-corrected chi connectivity index (χ3v) is 2.38. The van der Waals surface area contributed by atoms with Crippen LogP contribution in [0.4, 0.5) is 0 Å². The van der Waals surface area contributed by atoms with Crippen LogP contribution in [0.2, 0.25) is 5.02 Å². The first-order valence-electron chi connectivity index (χ1n) is 4.53. The number of hydrogen-bond acceptors (Lipinski definition) is 3. The number of rotatable bonds is 2. The van der Waals surface area contributed by atoms with Crippen LogP contribution in [0.25, 0.3) is 0 Å². The van der Waals surface area contributed by atoms with Crippen molar-refractivity contribution >= 4 is 11.6 Å². The minimum absolute atomic E-state index is 0.302. The average Bonchev–Trinajstić information content (AvgIpc) is 2.65. The lowest BCUT2D eigenvalue weighted by Gasteiger charge is -2.07. The van der Waals surface area contributed by atoms with Crippen LogP contribution in [0, 0.1) is 0 Å². The number of hydrogen-bond donors (Lipinski definition) is 1. The van der Waals surface area contributed by atoms with Gasteiger partial charge in [-0.25, -0.2) is 4.98 Å². The Balaban J connectivity index is 2.28. The van der Waals surface area contributed by atoms with E-state index in [1.807, 2.05) is 19.2 Å². The number of aryl methyl sites for hydroxylation is 1. The zero-order valence-corrected chi connectivity index (χ0v) is 9.02. The Bertz CT molecular complexity index is 449. The van der Waals surface area contributed by atoms with Gasteiger partial charge in [-0.3, -0.25) is 4.68 Å². The van der Waals surface area contributed by atoms with Crippen LogP contribution in [0.1, 0.15) is 17.4 Å². The Morgan fingerprint density at radius 1 is 1.33 bits per heavy atom. The topological polar surface area (TPSA) is 56.7 Å². The molecule has 0 aliphatic rings. The van der Waals surface area contributed by atoms with Crippen LogP contribution in [0.5, 0.6) is 0 Å². The van der Waals surface area contributed by atoms with Crippen LogP contribution in [-0.4, -0.2) is 14.8 Å². The zero-order valence-electron chi connectivity index (χ0n) is 8.26. The van der Waals surface area contributed by atoms with Crippen molar-refractivity contribution in [2.75, 3.05) is 0 Å². The van der Waals surface area contributed by atoms with Crippen LogP contribution in [-0.2, 0) is 7.05 Å². The van der Waals surface area contributed by atoms with Gasteiger partial charge in [-0.05, 0) is 17.7 Å². The summed E-state index contributed by atoms with van der Waals surface area (Å²) in [5, 5.41) is 4.85. The molecule has 0 saturated heterocycles. The summed E-state index contributed by atoms with van der Waals surface area (Å²) in [4.78, 5) is 4.11. The quantitative estimate of drug-likeness (QED) is 0.838. The van der Waals surface area contributed by atoms with Gasteiger partial charge in [0.05, 0.1) is 6.04 Å². The summed E-state index contributed by atoms with van der Waals surface area (Å²) in [6, 6.07) is 7.06. The van der Waals surface area contributed by atoms with E-state index in [2.05, 4.69) is 10.1 Å². The second kappa shape index (κ2) is 4.00. The normalized spacial score (nSPS) is 12.7. The second-order valence-corrected chi connectivity index (χ2v) is 3.74. The molecule has 0 aliphatic heterocycles. The smallest absolute Gasteiger partial charge is 0.171 e. The molecule has 0 unspecified atom stereocenters. The molecule has 1 aromatic carbocycles. The summed E-state index contributed by atoms with van der Waals surface area (Å²) in [5.41, 5.74) is 6.95. The number of benzene rings is 1. The maximum absolute atomic E-state index is 6.00. The highest BCUT2D eigenvalue weighted by atomic mass is 35.5. The van der Waals surface area contributed by atoms with E-state index in [0.29, 0.717) is 10.8 Å². The fourth-order valence-electron chi connectivity index (χ4n) is 1.32. The second-order valence-electron chi connectivity index (χ2n) is 3.31. The Morgan fingerprint density at radius 3 is 2.53 bits per heavy atom. The molecule has 1 aromatic heterocycles. The molecule has 0 bridgehead atoms. The summed E-state index contributed by atoms with van der Waals surface area (Å²) in [6.45, 7) is 0. The first-order valence-corrected chi connectivity index (χ1v) is 4.91. The first-order chi connectivity index (χ1) is 7.16. The predicted molar refractivity (Wildman–Crippen MR) is 58.5 cm³/mol. The third kappa shape index (κ3) is 2.16. The van der Waals surface area contributed by atoms with E-state index in [0.717, 1.165) is 5.56 Å². The molecule has 15 heavy (non-hydrogen) atoms. The molecule has 2 aromatic rings. The van der Waals surface area contributed by atoms with Gasteiger partial charge in [0.15, 0.2) is 5.82 Å². The van der Waals surface area contributed by atoms with Gasteiger partial charge >= 0.3 is 0 Å². The first kappa shape index (κ1) is 10.1. The van der Waals surface area contributed by atoms with Crippen LogP contribution < -0.4 is 5.73 Å². The van der Waals surface area contributed by atoms with Crippen molar-refractivity contribution in [2.24, 2.45) is 12.8 Å². The molecule has 1 atom stereocenters. The molecule has 0 spiro atoms. The molecular formula is C10H11ClN4. The number of nitrogens with zero attached hydrogens (tertiary/aromatic N) is 3. The molecule has 4 nitrogen and oxygen atoms in total.